The number of hydrogen-bond acceptors (Lipinski definition) is 5. The number of carbonyl (C=O) groups is 1. The fraction of sp³-hybridized carbons (Fsp3) is 0.353. The van der Waals surface area contributed by atoms with Crippen LogP contribution >= 0.6 is 0 Å². The minimum absolute atomic E-state index is 0.127. The van der Waals surface area contributed by atoms with Crippen molar-refractivity contribution < 1.29 is 22.7 Å². The van der Waals surface area contributed by atoms with Crippen molar-refractivity contribution in [1.82, 2.24) is 14.5 Å². The van der Waals surface area contributed by atoms with Gasteiger partial charge in [-0.3, -0.25) is 4.79 Å². The lowest BCUT2D eigenvalue weighted by Gasteiger charge is -2.20. The summed E-state index contributed by atoms with van der Waals surface area (Å²) in [4.78, 5) is 20.2. The molecule has 26 heavy (non-hydrogen) atoms. The Bertz CT molecular complexity index is 1000. The van der Waals surface area contributed by atoms with Gasteiger partial charge in [0.05, 0.1) is 16.5 Å². The summed E-state index contributed by atoms with van der Waals surface area (Å²) in [6.07, 6.45) is -3.31. The first kappa shape index (κ1) is 18.0. The van der Waals surface area contributed by atoms with Gasteiger partial charge in [0.2, 0.25) is 0 Å². The zero-order valence-electron chi connectivity index (χ0n) is 14.4. The summed E-state index contributed by atoms with van der Waals surface area (Å²) < 4.78 is 46.0. The maximum atomic E-state index is 13.1. The number of halogens is 3. The molecule has 3 rings (SSSR count). The second kappa shape index (κ2) is 5.86. The molecule has 0 saturated carbocycles. The van der Waals surface area contributed by atoms with Crippen molar-refractivity contribution in [3.8, 4) is 0 Å². The molecule has 9 heteroatoms. The monoisotopic (exact) mass is 366 g/mol. The van der Waals surface area contributed by atoms with Crippen LogP contribution in [0.15, 0.2) is 24.5 Å². The number of alkyl halides is 3. The van der Waals surface area contributed by atoms with Gasteiger partial charge in [-0.2, -0.15) is 13.2 Å². The molecule has 6 nitrogen and oxygen atoms in total. The molecule has 2 aromatic heterocycles. The molecule has 0 bridgehead atoms. The standard InChI is InChI=1S/C17H17F3N4O2/c1-16(2,3)26-12(25)7-24-11-6-9(17(18,19)20)4-5-10(11)13-14(21)22-8-23-15(13)24/h4-6,8H,7H2,1-3H3,(H2,21,22,23). The van der Waals surface area contributed by atoms with E-state index >= 15 is 0 Å². The molecule has 0 saturated heterocycles. The normalized spacial score (nSPS) is 12.7. The molecule has 0 fully saturated rings. The Morgan fingerprint density at radius 1 is 1.23 bits per heavy atom. The number of hydrogen-bond donors (Lipinski definition) is 1. The van der Waals surface area contributed by atoms with E-state index in [1.165, 1.54) is 17.0 Å². The van der Waals surface area contributed by atoms with Crippen LogP contribution in [0.2, 0.25) is 0 Å². The third-order valence-corrected chi connectivity index (χ3v) is 3.70. The fourth-order valence-electron chi connectivity index (χ4n) is 2.77. The second-order valence-electron chi connectivity index (χ2n) is 6.86. The van der Waals surface area contributed by atoms with Crippen molar-refractivity contribution in [2.24, 2.45) is 0 Å². The van der Waals surface area contributed by atoms with Crippen molar-refractivity contribution in [3.63, 3.8) is 0 Å². The molecule has 0 aliphatic heterocycles. The van der Waals surface area contributed by atoms with Gasteiger partial charge < -0.3 is 15.0 Å². The summed E-state index contributed by atoms with van der Waals surface area (Å²) in [5, 5.41) is 0.842. The number of benzene rings is 1. The number of rotatable bonds is 2. The number of aromatic nitrogens is 3. The molecule has 0 atom stereocenters. The van der Waals surface area contributed by atoms with E-state index in [2.05, 4.69) is 9.97 Å². The van der Waals surface area contributed by atoms with E-state index in [1.54, 1.807) is 20.8 Å². The fourth-order valence-corrected chi connectivity index (χ4v) is 2.77. The van der Waals surface area contributed by atoms with Crippen LogP contribution in [-0.4, -0.2) is 26.1 Å². The molecule has 0 spiro atoms. The van der Waals surface area contributed by atoms with Crippen LogP contribution in [0.5, 0.6) is 0 Å². The minimum Gasteiger partial charge on any atom is -0.459 e. The molecular weight excluding hydrogens is 349 g/mol. The molecule has 1 aromatic carbocycles. The van der Waals surface area contributed by atoms with Crippen molar-refractivity contribution in [2.75, 3.05) is 5.73 Å². The number of ether oxygens (including phenoxy) is 1. The zero-order valence-corrected chi connectivity index (χ0v) is 14.4. The molecule has 0 unspecified atom stereocenters. The Kier molecular flexibility index (Phi) is 4.05. The summed E-state index contributed by atoms with van der Waals surface area (Å²) in [7, 11) is 0. The number of nitrogen functional groups attached to an aromatic ring is 1. The van der Waals surface area contributed by atoms with Gasteiger partial charge in [0.15, 0.2) is 0 Å². The second-order valence-corrected chi connectivity index (χ2v) is 6.86. The first-order chi connectivity index (χ1) is 12.0. The van der Waals surface area contributed by atoms with Crippen LogP contribution < -0.4 is 5.73 Å². The highest BCUT2D eigenvalue weighted by molar-refractivity contribution is 6.11. The first-order valence-electron chi connectivity index (χ1n) is 7.79. The van der Waals surface area contributed by atoms with Crippen LogP contribution in [0.1, 0.15) is 26.3 Å². The Hall–Kier alpha value is -2.84. The summed E-state index contributed by atoms with van der Waals surface area (Å²) in [6.45, 7) is 4.82. The van der Waals surface area contributed by atoms with Crippen LogP contribution in [0.25, 0.3) is 21.9 Å². The Balaban J connectivity index is 2.23. The van der Waals surface area contributed by atoms with Gasteiger partial charge in [0.1, 0.15) is 29.9 Å². The number of esters is 1. The van der Waals surface area contributed by atoms with Gasteiger partial charge >= 0.3 is 12.1 Å². The summed E-state index contributed by atoms with van der Waals surface area (Å²) in [6, 6.07) is 3.25. The molecule has 2 N–H and O–H groups in total. The summed E-state index contributed by atoms with van der Waals surface area (Å²) in [5.41, 5.74) is 4.80. The number of carbonyl (C=O) groups excluding carboxylic acids is 1. The van der Waals surface area contributed by atoms with E-state index in [0.29, 0.717) is 10.8 Å². The van der Waals surface area contributed by atoms with Gasteiger partial charge in [0.25, 0.3) is 0 Å². The third kappa shape index (κ3) is 3.29. The summed E-state index contributed by atoms with van der Waals surface area (Å²) in [5.74, 6) is -0.464. The lowest BCUT2D eigenvalue weighted by molar-refractivity contribution is -0.155. The SMILES string of the molecule is CC(C)(C)OC(=O)Cn1c2cc(C(F)(F)F)ccc2c2c(N)ncnc21. The van der Waals surface area contributed by atoms with Crippen LogP contribution in [0, 0.1) is 0 Å². The van der Waals surface area contributed by atoms with Gasteiger partial charge in [-0.15, -0.1) is 0 Å². The van der Waals surface area contributed by atoms with E-state index in [9.17, 15) is 18.0 Å². The first-order valence-corrected chi connectivity index (χ1v) is 7.79. The lowest BCUT2D eigenvalue weighted by Crippen LogP contribution is -2.26. The van der Waals surface area contributed by atoms with Crippen LogP contribution in [0.3, 0.4) is 0 Å². The number of anilines is 1. The van der Waals surface area contributed by atoms with Gasteiger partial charge in [0, 0.05) is 5.39 Å². The van der Waals surface area contributed by atoms with Crippen molar-refractivity contribution in [2.45, 2.75) is 39.1 Å². The third-order valence-electron chi connectivity index (χ3n) is 3.70. The maximum absolute atomic E-state index is 13.1. The molecule has 0 amide bonds. The van der Waals surface area contributed by atoms with Crippen molar-refractivity contribution >= 4 is 33.7 Å². The van der Waals surface area contributed by atoms with Crippen LogP contribution in [-0.2, 0) is 22.3 Å². The highest BCUT2D eigenvalue weighted by Gasteiger charge is 2.31. The van der Waals surface area contributed by atoms with Gasteiger partial charge in [-0.05, 0) is 32.9 Å². The van der Waals surface area contributed by atoms with Gasteiger partial charge in [-0.1, -0.05) is 6.07 Å². The molecule has 0 aliphatic carbocycles. The number of nitrogens with zero attached hydrogens (tertiary/aromatic N) is 3. The zero-order chi connectivity index (χ0) is 19.3. The predicted octanol–water partition coefficient (Wildman–Crippen LogP) is 3.53. The Morgan fingerprint density at radius 3 is 2.54 bits per heavy atom. The van der Waals surface area contributed by atoms with E-state index in [4.69, 9.17) is 10.5 Å². The smallest absolute Gasteiger partial charge is 0.416 e. The molecule has 3 aromatic rings. The summed E-state index contributed by atoms with van der Waals surface area (Å²) >= 11 is 0. The topological polar surface area (TPSA) is 83.0 Å². The van der Waals surface area contributed by atoms with E-state index in [1.807, 2.05) is 0 Å². The largest absolute Gasteiger partial charge is 0.459 e. The Labute approximate surface area is 146 Å². The molecule has 0 aliphatic rings. The van der Waals surface area contributed by atoms with Gasteiger partial charge in [-0.25, -0.2) is 9.97 Å². The average Bonchev–Trinajstić information content (AvgIpc) is 2.79. The minimum atomic E-state index is -4.52. The number of fused-ring (bicyclic) bond motifs is 3. The highest BCUT2D eigenvalue weighted by Crippen LogP contribution is 2.36. The van der Waals surface area contributed by atoms with E-state index in [0.717, 1.165) is 12.1 Å². The highest BCUT2D eigenvalue weighted by atomic mass is 19.4. The average molecular weight is 366 g/mol. The molecule has 0 radical (unpaired) electrons. The van der Waals surface area contributed by atoms with Crippen LogP contribution in [0.4, 0.5) is 19.0 Å². The van der Waals surface area contributed by atoms with E-state index in [-0.39, 0.29) is 23.5 Å². The molecular formula is C17H17F3N4O2. The quantitative estimate of drug-likeness (QED) is 0.702. The Morgan fingerprint density at radius 2 is 1.92 bits per heavy atom. The number of nitrogens with two attached hydrogens (primary N) is 1. The maximum Gasteiger partial charge on any atom is 0.416 e. The van der Waals surface area contributed by atoms with E-state index < -0.39 is 23.3 Å². The predicted molar refractivity (Wildman–Crippen MR) is 90.3 cm³/mol. The molecule has 138 valence electrons. The molecule has 2 heterocycles. The van der Waals surface area contributed by atoms with Crippen molar-refractivity contribution in [3.05, 3.63) is 30.1 Å². The van der Waals surface area contributed by atoms with Crippen molar-refractivity contribution in [1.29, 1.82) is 0 Å². The lowest BCUT2D eigenvalue weighted by atomic mass is 10.1.